The molecule has 174 valence electrons. The van der Waals surface area contributed by atoms with Gasteiger partial charge in [-0.2, -0.15) is 0 Å². The molecule has 0 bridgehead atoms. The number of likely N-dealkylation sites (tertiary alicyclic amines) is 1. The Balaban J connectivity index is 2.09. The van der Waals surface area contributed by atoms with Gasteiger partial charge in [-0.25, -0.2) is 0 Å². The van der Waals surface area contributed by atoms with Gasteiger partial charge in [0.05, 0.1) is 11.6 Å². The third-order valence-electron chi connectivity index (χ3n) is 5.76. The van der Waals surface area contributed by atoms with Crippen LogP contribution in [0, 0.1) is 13.8 Å². The van der Waals surface area contributed by atoms with Crippen LogP contribution in [0.1, 0.15) is 34.7 Å². The van der Waals surface area contributed by atoms with Gasteiger partial charge in [0.2, 0.25) is 0 Å². The van der Waals surface area contributed by atoms with Gasteiger partial charge in [0, 0.05) is 12.1 Å². The van der Waals surface area contributed by atoms with E-state index in [1.165, 1.54) is 0 Å². The topological polar surface area (TPSA) is 70.1 Å². The molecule has 6 heteroatoms. The van der Waals surface area contributed by atoms with Crippen LogP contribution in [0.3, 0.4) is 0 Å². The summed E-state index contributed by atoms with van der Waals surface area (Å²) in [6.07, 6.45) is 2.37. The Morgan fingerprint density at radius 2 is 1.85 bits per heavy atom. The molecular formula is C27H32N2O4. The van der Waals surface area contributed by atoms with E-state index in [0.717, 1.165) is 23.2 Å². The number of aliphatic hydroxyl groups is 1. The number of Topliss-reactive ketones (excluding diaryl/α,β-unsaturated/α-hetero) is 1. The van der Waals surface area contributed by atoms with Gasteiger partial charge in [0.25, 0.3) is 11.7 Å². The zero-order valence-electron chi connectivity index (χ0n) is 19.8. The number of carbonyl (C=O) groups excluding carboxylic acids is 2. The molecule has 3 rings (SSSR count). The summed E-state index contributed by atoms with van der Waals surface area (Å²) < 4.78 is 5.57. The van der Waals surface area contributed by atoms with Crippen LogP contribution in [0.15, 0.2) is 60.7 Å². The molecule has 0 spiro atoms. The first kappa shape index (κ1) is 24.3. The molecule has 2 aromatic rings. The highest BCUT2D eigenvalue weighted by atomic mass is 16.5. The zero-order valence-corrected chi connectivity index (χ0v) is 19.8. The number of aliphatic hydroxyl groups excluding tert-OH is 1. The lowest BCUT2D eigenvalue weighted by molar-refractivity contribution is -0.139. The van der Waals surface area contributed by atoms with Crippen LogP contribution in [-0.4, -0.2) is 60.4 Å². The molecule has 0 radical (unpaired) electrons. The highest BCUT2D eigenvalue weighted by Crippen LogP contribution is 2.40. The predicted molar refractivity (Wildman–Crippen MR) is 130 cm³/mol. The van der Waals surface area contributed by atoms with Gasteiger partial charge in [-0.15, -0.1) is 0 Å². The summed E-state index contributed by atoms with van der Waals surface area (Å²) in [6, 6.07) is 12.3. The normalized spacial score (nSPS) is 17.6. The second-order valence-electron chi connectivity index (χ2n) is 8.64. The first-order valence-electron chi connectivity index (χ1n) is 11.1. The van der Waals surface area contributed by atoms with Crippen molar-refractivity contribution < 1.29 is 19.4 Å². The summed E-state index contributed by atoms with van der Waals surface area (Å²) in [4.78, 5) is 29.8. The van der Waals surface area contributed by atoms with Crippen molar-refractivity contribution in [2.45, 2.75) is 26.3 Å². The maximum Gasteiger partial charge on any atom is 0.295 e. The largest absolute Gasteiger partial charge is 0.507 e. The van der Waals surface area contributed by atoms with Gasteiger partial charge >= 0.3 is 0 Å². The lowest BCUT2D eigenvalue weighted by atomic mass is 9.93. The average molecular weight is 449 g/mol. The van der Waals surface area contributed by atoms with Crippen LogP contribution in [0.25, 0.3) is 5.76 Å². The molecular weight excluding hydrogens is 416 g/mol. The van der Waals surface area contributed by atoms with Crippen LogP contribution < -0.4 is 4.74 Å². The van der Waals surface area contributed by atoms with Gasteiger partial charge < -0.3 is 19.6 Å². The fourth-order valence-corrected chi connectivity index (χ4v) is 4.05. The summed E-state index contributed by atoms with van der Waals surface area (Å²) in [5, 5.41) is 11.3. The van der Waals surface area contributed by atoms with E-state index in [2.05, 4.69) is 6.58 Å². The van der Waals surface area contributed by atoms with Crippen molar-refractivity contribution in [3.05, 3.63) is 82.9 Å². The minimum absolute atomic E-state index is 0.123. The van der Waals surface area contributed by atoms with E-state index in [0.29, 0.717) is 30.9 Å². The second kappa shape index (κ2) is 10.5. The van der Waals surface area contributed by atoms with E-state index < -0.39 is 17.7 Å². The van der Waals surface area contributed by atoms with E-state index >= 15 is 0 Å². The number of rotatable bonds is 9. The summed E-state index contributed by atoms with van der Waals surface area (Å²) in [5.74, 6) is -0.716. The van der Waals surface area contributed by atoms with Crippen LogP contribution in [0.4, 0.5) is 0 Å². The van der Waals surface area contributed by atoms with Crippen molar-refractivity contribution in [3.8, 4) is 5.75 Å². The Labute approximate surface area is 195 Å². The Bertz CT molecular complexity index is 1070. The number of carbonyl (C=O) groups is 2. The minimum atomic E-state index is -0.666. The molecule has 1 heterocycles. The molecule has 1 atom stereocenters. The molecule has 2 aromatic carbocycles. The van der Waals surface area contributed by atoms with Crippen molar-refractivity contribution in [1.82, 2.24) is 9.80 Å². The molecule has 1 aliphatic rings. The minimum Gasteiger partial charge on any atom is -0.507 e. The number of hydrogen-bond donors (Lipinski definition) is 1. The Kier molecular flexibility index (Phi) is 7.71. The van der Waals surface area contributed by atoms with Gasteiger partial charge in [-0.3, -0.25) is 9.59 Å². The third-order valence-corrected chi connectivity index (χ3v) is 5.76. The number of nitrogens with zero attached hydrogens (tertiary/aromatic N) is 2. The van der Waals surface area contributed by atoms with Crippen molar-refractivity contribution >= 4 is 17.4 Å². The molecule has 1 saturated heterocycles. The molecule has 0 aliphatic carbocycles. The summed E-state index contributed by atoms with van der Waals surface area (Å²) >= 11 is 0. The third kappa shape index (κ3) is 5.34. The van der Waals surface area contributed by atoms with E-state index in [4.69, 9.17) is 4.74 Å². The van der Waals surface area contributed by atoms with Crippen molar-refractivity contribution in [1.29, 1.82) is 0 Å². The lowest BCUT2D eigenvalue weighted by Gasteiger charge is -2.26. The first-order chi connectivity index (χ1) is 15.7. The summed E-state index contributed by atoms with van der Waals surface area (Å²) in [6.45, 7) is 9.03. The summed E-state index contributed by atoms with van der Waals surface area (Å²) in [5.41, 5.74) is 3.24. The smallest absolute Gasteiger partial charge is 0.295 e. The Morgan fingerprint density at radius 3 is 2.48 bits per heavy atom. The quantitative estimate of drug-likeness (QED) is 0.269. The van der Waals surface area contributed by atoms with Crippen molar-refractivity contribution in [2.75, 3.05) is 33.8 Å². The highest BCUT2D eigenvalue weighted by molar-refractivity contribution is 6.46. The monoisotopic (exact) mass is 448 g/mol. The SMILES string of the molecule is C=CCOc1ccc(C2C(=C(O)c3cc(C)ccc3C)C(=O)C(=O)N2CCCN(C)C)cc1. The van der Waals surface area contributed by atoms with E-state index in [9.17, 15) is 14.7 Å². The number of aryl methyl sites for hydroxylation is 2. The fourth-order valence-electron chi connectivity index (χ4n) is 4.05. The maximum atomic E-state index is 13.2. The standard InChI is InChI=1S/C27H32N2O4/c1-6-16-33-21-12-10-20(11-13-21)24-23(25(30)22-17-18(2)8-9-19(22)3)26(31)27(32)29(24)15-7-14-28(4)5/h6,8-13,17,24,30H,1,7,14-16H2,2-5H3. The fraction of sp³-hybridized carbons (Fsp3) is 0.333. The van der Waals surface area contributed by atoms with Crippen molar-refractivity contribution in [3.63, 3.8) is 0 Å². The van der Waals surface area contributed by atoms with E-state index in [1.54, 1.807) is 23.1 Å². The molecule has 1 N–H and O–H groups in total. The van der Waals surface area contributed by atoms with Gasteiger partial charge in [-0.05, 0) is 70.2 Å². The number of benzene rings is 2. The van der Waals surface area contributed by atoms with Crippen LogP contribution in [0.2, 0.25) is 0 Å². The predicted octanol–water partition coefficient (Wildman–Crippen LogP) is 4.24. The van der Waals surface area contributed by atoms with Gasteiger partial charge in [0.15, 0.2) is 0 Å². The highest BCUT2D eigenvalue weighted by Gasteiger charge is 2.45. The van der Waals surface area contributed by atoms with Crippen LogP contribution in [0.5, 0.6) is 5.75 Å². The van der Waals surface area contributed by atoms with E-state index in [1.807, 2.05) is 63.2 Å². The van der Waals surface area contributed by atoms with Crippen LogP contribution >= 0.6 is 0 Å². The molecule has 6 nitrogen and oxygen atoms in total. The van der Waals surface area contributed by atoms with E-state index in [-0.39, 0.29) is 11.3 Å². The van der Waals surface area contributed by atoms with Gasteiger partial charge in [0.1, 0.15) is 18.1 Å². The molecule has 0 aromatic heterocycles. The maximum absolute atomic E-state index is 13.2. The molecule has 1 fully saturated rings. The Hall–Kier alpha value is -3.38. The number of amides is 1. The molecule has 0 saturated carbocycles. The Morgan fingerprint density at radius 1 is 1.15 bits per heavy atom. The average Bonchev–Trinajstić information content (AvgIpc) is 3.04. The number of ether oxygens (including phenoxy) is 1. The lowest BCUT2D eigenvalue weighted by Crippen LogP contribution is -2.32. The number of ketones is 1. The first-order valence-corrected chi connectivity index (χ1v) is 11.1. The second-order valence-corrected chi connectivity index (χ2v) is 8.64. The zero-order chi connectivity index (χ0) is 24.1. The molecule has 1 amide bonds. The molecule has 1 aliphatic heterocycles. The molecule has 1 unspecified atom stereocenters. The van der Waals surface area contributed by atoms with Crippen molar-refractivity contribution in [2.24, 2.45) is 0 Å². The van der Waals surface area contributed by atoms with Gasteiger partial charge in [-0.1, -0.05) is 42.5 Å². The summed E-state index contributed by atoms with van der Waals surface area (Å²) in [7, 11) is 3.93. The number of hydrogen-bond acceptors (Lipinski definition) is 5. The van der Waals surface area contributed by atoms with Crippen LogP contribution in [-0.2, 0) is 9.59 Å². The molecule has 33 heavy (non-hydrogen) atoms.